The molecule has 3 heterocycles. The van der Waals surface area contributed by atoms with Gasteiger partial charge in [-0.2, -0.15) is 0 Å². The number of morpholine rings is 1. The van der Waals surface area contributed by atoms with E-state index < -0.39 is 11.9 Å². The zero-order chi connectivity index (χ0) is 21.3. The smallest absolute Gasteiger partial charge is 0.340 e. The number of nitrogens with zero attached hydrogens (tertiary/aromatic N) is 2. The summed E-state index contributed by atoms with van der Waals surface area (Å²) >= 11 is 0. The fourth-order valence-corrected chi connectivity index (χ4v) is 3.78. The number of aromatic carboxylic acids is 1. The molecule has 1 aromatic carbocycles. The molecule has 0 radical (unpaired) electrons. The summed E-state index contributed by atoms with van der Waals surface area (Å²) in [6.45, 7) is 5.37. The molecule has 0 amide bonds. The van der Waals surface area contributed by atoms with Crippen molar-refractivity contribution in [1.82, 2.24) is 9.47 Å². The highest BCUT2D eigenvalue weighted by molar-refractivity contribution is 5.99. The first-order chi connectivity index (χ1) is 14.5. The number of rotatable bonds is 6. The average Bonchev–Trinajstić information content (AvgIpc) is 3.32. The number of carboxylic acids is 1. The van der Waals surface area contributed by atoms with Crippen LogP contribution in [0.1, 0.15) is 33.3 Å². The van der Waals surface area contributed by atoms with Gasteiger partial charge in [0.05, 0.1) is 30.9 Å². The van der Waals surface area contributed by atoms with Gasteiger partial charge < -0.3 is 28.6 Å². The Morgan fingerprint density at radius 1 is 1.10 bits per heavy atom. The van der Waals surface area contributed by atoms with Gasteiger partial charge in [0.2, 0.25) is 6.79 Å². The van der Waals surface area contributed by atoms with E-state index >= 15 is 0 Å². The number of benzene rings is 1. The molecule has 4 rings (SSSR count). The molecule has 2 aromatic rings. The van der Waals surface area contributed by atoms with Crippen molar-refractivity contribution in [3.05, 3.63) is 35.0 Å². The van der Waals surface area contributed by atoms with Crippen molar-refractivity contribution in [3.8, 4) is 22.8 Å². The largest absolute Gasteiger partial charge is 0.478 e. The van der Waals surface area contributed by atoms with Gasteiger partial charge in [-0.1, -0.05) is 0 Å². The van der Waals surface area contributed by atoms with Crippen LogP contribution in [0.3, 0.4) is 0 Å². The number of carbonyl (C=O) groups excluding carboxylic acids is 1. The summed E-state index contributed by atoms with van der Waals surface area (Å²) in [6.07, 6.45) is 0. The van der Waals surface area contributed by atoms with Crippen LogP contribution in [0.5, 0.6) is 11.5 Å². The van der Waals surface area contributed by atoms with Crippen molar-refractivity contribution < 1.29 is 33.6 Å². The van der Waals surface area contributed by atoms with Crippen molar-refractivity contribution in [2.75, 3.05) is 39.7 Å². The Morgan fingerprint density at radius 2 is 1.80 bits per heavy atom. The van der Waals surface area contributed by atoms with Crippen molar-refractivity contribution in [2.24, 2.45) is 7.05 Å². The second-order valence-electron chi connectivity index (χ2n) is 7.11. The molecular formula is C21H24N2O7. The van der Waals surface area contributed by atoms with E-state index in [1.807, 2.05) is 11.6 Å². The monoisotopic (exact) mass is 416 g/mol. The molecule has 9 heteroatoms. The van der Waals surface area contributed by atoms with Gasteiger partial charge in [-0.05, 0) is 25.1 Å². The van der Waals surface area contributed by atoms with Gasteiger partial charge in [0, 0.05) is 43.6 Å². The Hall–Kier alpha value is -3.04. The molecule has 0 spiro atoms. The number of esters is 1. The Labute approximate surface area is 173 Å². The number of ether oxygens (including phenoxy) is 4. The van der Waals surface area contributed by atoms with Crippen LogP contribution in [0.15, 0.2) is 18.2 Å². The molecule has 9 nitrogen and oxygen atoms in total. The molecule has 1 N–H and O–H groups in total. The highest BCUT2D eigenvalue weighted by Gasteiger charge is 2.27. The molecule has 0 aliphatic carbocycles. The highest BCUT2D eigenvalue weighted by Crippen LogP contribution is 2.40. The maximum atomic E-state index is 12.7. The molecule has 1 aromatic heterocycles. The Morgan fingerprint density at radius 3 is 2.47 bits per heavy atom. The van der Waals surface area contributed by atoms with Crippen LogP contribution in [-0.4, -0.2) is 66.2 Å². The summed E-state index contributed by atoms with van der Waals surface area (Å²) in [5.41, 5.74) is 2.31. The first kappa shape index (κ1) is 20.2. The minimum absolute atomic E-state index is 0.0430. The highest BCUT2D eigenvalue weighted by atomic mass is 16.7. The molecule has 0 saturated carbocycles. The minimum atomic E-state index is -1.09. The minimum Gasteiger partial charge on any atom is -0.478 e. The second-order valence-corrected chi connectivity index (χ2v) is 7.11. The van der Waals surface area contributed by atoms with Crippen LogP contribution in [0.25, 0.3) is 11.3 Å². The molecule has 0 unspecified atom stereocenters. The molecule has 30 heavy (non-hydrogen) atoms. The molecule has 1 saturated heterocycles. The van der Waals surface area contributed by atoms with Gasteiger partial charge in [0.15, 0.2) is 11.5 Å². The van der Waals surface area contributed by atoms with Crippen molar-refractivity contribution in [2.45, 2.75) is 13.5 Å². The standard InChI is InChI=1S/C21H24N2O7/c1-3-28-21(26)15-8-16(22(2)17(15)11-23-4-6-27-7-5-23)13-9-18-19(30-12-29-18)10-14(13)20(24)25/h8-10H,3-7,11-12H2,1-2H3,(H,24,25). The van der Waals surface area contributed by atoms with Gasteiger partial charge in [0.25, 0.3) is 0 Å². The van der Waals surface area contributed by atoms with Crippen molar-refractivity contribution in [1.29, 1.82) is 0 Å². The SMILES string of the molecule is CCOC(=O)c1cc(-c2cc3c(cc2C(=O)O)OCO3)n(C)c1CN1CCOCC1. The van der Waals surface area contributed by atoms with Crippen LogP contribution in [0.2, 0.25) is 0 Å². The summed E-state index contributed by atoms with van der Waals surface area (Å²) in [5, 5.41) is 9.76. The molecule has 0 atom stereocenters. The van der Waals surface area contributed by atoms with E-state index in [4.69, 9.17) is 18.9 Å². The van der Waals surface area contributed by atoms with Crippen molar-refractivity contribution in [3.63, 3.8) is 0 Å². The zero-order valence-corrected chi connectivity index (χ0v) is 17.0. The summed E-state index contributed by atoms with van der Waals surface area (Å²) in [7, 11) is 1.82. The predicted molar refractivity (Wildman–Crippen MR) is 106 cm³/mol. The Kier molecular flexibility index (Phi) is 5.65. The molecular weight excluding hydrogens is 392 g/mol. The van der Waals surface area contributed by atoms with Gasteiger partial charge in [-0.25, -0.2) is 9.59 Å². The number of carbonyl (C=O) groups is 2. The van der Waals surface area contributed by atoms with Crippen LogP contribution < -0.4 is 9.47 Å². The summed E-state index contributed by atoms with van der Waals surface area (Å²) in [5.74, 6) is -0.648. The Balaban J connectivity index is 1.81. The average molecular weight is 416 g/mol. The fourth-order valence-electron chi connectivity index (χ4n) is 3.78. The number of hydrogen-bond donors (Lipinski definition) is 1. The van der Waals surface area contributed by atoms with Crippen molar-refractivity contribution >= 4 is 11.9 Å². The van der Waals surface area contributed by atoms with Crippen LogP contribution in [0, 0.1) is 0 Å². The first-order valence-electron chi connectivity index (χ1n) is 9.82. The van der Waals surface area contributed by atoms with E-state index in [-0.39, 0.29) is 19.0 Å². The predicted octanol–water partition coefficient (Wildman–Crippen LogP) is 2.13. The fraction of sp³-hybridized carbons (Fsp3) is 0.429. The quantitative estimate of drug-likeness (QED) is 0.715. The van der Waals surface area contributed by atoms with Gasteiger partial charge >= 0.3 is 11.9 Å². The maximum absolute atomic E-state index is 12.7. The lowest BCUT2D eigenvalue weighted by atomic mass is 10.0. The summed E-state index contributed by atoms with van der Waals surface area (Å²) in [6, 6.07) is 4.80. The zero-order valence-electron chi connectivity index (χ0n) is 17.0. The normalized spacial score (nSPS) is 15.9. The van der Waals surface area contributed by atoms with E-state index in [0.717, 1.165) is 18.8 Å². The molecule has 0 bridgehead atoms. The molecule has 2 aliphatic heterocycles. The number of carboxylic acid groups (broad SMARTS) is 1. The van der Waals surface area contributed by atoms with Gasteiger partial charge in [-0.15, -0.1) is 0 Å². The lowest BCUT2D eigenvalue weighted by Gasteiger charge is -2.27. The number of hydrogen-bond acceptors (Lipinski definition) is 7. The third kappa shape index (κ3) is 3.73. The Bertz CT molecular complexity index is 976. The van der Waals surface area contributed by atoms with E-state index in [0.29, 0.717) is 48.1 Å². The van der Waals surface area contributed by atoms with Gasteiger partial charge in [-0.3, -0.25) is 4.90 Å². The van der Waals surface area contributed by atoms with E-state index in [1.165, 1.54) is 6.07 Å². The molecule has 160 valence electrons. The lowest BCUT2D eigenvalue weighted by molar-refractivity contribution is 0.0327. The number of aromatic nitrogens is 1. The van der Waals surface area contributed by atoms with Gasteiger partial charge in [0.1, 0.15) is 0 Å². The first-order valence-corrected chi connectivity index (χ1v) is 9.82. The van der Waals surface area contributed by atoms with Crippen LogP contribution >= 0.6 is 0 Å². The third-order valence-electron chi connectivity index (χ3n) is 5.35. The summed E-state index contributed by atoms with van der Waals surface area (Å²) < 4.78 is 23.3. The topological polar surface area (TPSA) is 99.5 Å². The molecule has 1 fully saturated rings. The summed E-state index contributed by atoms with van der Waals surface area (Å²) in [4.78, 5) is 26.8. The van der Waals surface area contributed by atoms with E-state index in [9.17, 15) is 14.7 Å². The second kappa shape index (κ2) is 8.37. The third-order valence-corrected chi connectivity index (χ3v) is 5.35. The molecule has 2 aliphatic rings. The van der Waals surface area contributed by atoms with Crippen LogP contribution in [0.4, 0.5) is 0 Å². The maximum Gasteiger partial charge on any atom is 0.340 e. The van der Waals surface area contributed by atoms with E-state index in [2.05, 4.69) is 4.90 Å². The lowest BCUT2D eigenvalue weighted by Crippen LogP contribution is -2.36. The number of fused-ring (bicyclic) bond motifs is 1. The van der Waals surface area contributed by atoms with E-state index in [1.54, 1.807) is 19.1 Å². The van der Waals surface area contributed by atoms with Crippen LogP contribution in [-0.2, 0) is 23.1 Å².